The number of amides is 2. The molecule has 3 atom stereocenters. The summed E-state index contributed by atoms with van der Waals surface area (Å²) in [6.45, 7) is 5.41. The van der Waals surface area contributed by atoms with Crippen molar-refractivity contribution in [2.45, 2.75) is 26.8 Å². The average Bonchev–Trinajstić information content (AvgIpc) is 2.58. The molecule has 6 heteroatoms. The molecule has 96 valence electrons. The molecular weight excluding hydrogens is 224 g/mol. The van der Waals surface area contributed by atoms with Gasteiger partial charge in [-0.3, -0.25) is 14.4 Å². The van der Waals surface area contributed by atoms with Gasteiger partial charge >= 0.3 is 5.97 Å². The summed E-state index contributed by atoms with van der Waals surface area (Å²) in [5.74, 6) is -1.94. The molecule has 0 aliphatic carbocycles. The lowest BCUT2D eigenvalue weighted by atomic mass is 9.99. The van der Waals surface area contributed by atoms with Gasteiger partial charge in [0.1, 0.15) is 6.04 Å². The van der Waals surface area contributed by atoms with Crippen LogP contribution in [-0.4, -0.2) is 46.9 Å². The summed E-state index contributed by atoms with van der Waals surface area (Å²) in [6.07, 6.45) is 0. The van der Waals surface area contributed by atoms with E-state index in [-0.39, 0.29) is 24.3 Å². The maximum absolute atomic E-state index is 11.9. The first-order valence-electron chi connectivity index (χ1n) is 5.61. The number of hydrogen-bond acceptors (Lipinski definition) is 3. The van der Waals surface area contributed by atoms with Crippen molar-refractivity contribution < 1.29 is 19.5 Å². The number of hydrogen-bond donors (Lipinski definition) is 2. The fourth-order valence-electron chi connectivity index (χ4n) is 2.11. The number of carboxylic acids is 1. The minimum atomic E-state index is -0.875. The molecule has 0 spiro atoms. The van der Waals surface area contributed by atoms with Crippen LogP contribution in [-0.2, 0) is 14.4 Å². The number of carboxylic acid groups (broad SMARTS) is 1. The molecule has 2 N–H and O–H groups in total. The lowest BCUT2D eigenvalue weighted by Crippen LogP contribution is -2.45. The van der Waals surface area contributed by atoms with Crippen molar-refractivity contribution in [3.8, 4) is 0 Å². The van der Waals surface area contributed by atoms with Gasteiger partial charge in [-0.1, -0.05) is 6.92 Å². The quantitative estimate of drug-likeness (QED) is 0.710. The Morgan fingerprint density at radius 3 is 2.35 bits per heavy atom. The van der Waals surface area contributed by atoms with E-state index in [0.29, 0.717) is 6.54 Å². The van der Waals surface area contributed by atoms with Crippen molar-refractivity contribution in [3.05, 3.63) is 0 Å². The average molecular weight is 242 g/mol. The number of carbonyl (C=O) groups is 3. The fourth-order valence-corrected chi connectivity index (χ4v) is 2.11. The molecule has 1 fully saturated rings. The Labute approximate surface area is 100.0 Å². The molecule has 1 saturated heterocycles. The zero-order valence-electron chi connectivity index (χ0n) is 10.3. The van der Waals surface area contributed by atoms with Gasteiger partial charge in [-0.25, -0.2) is 0 Å². The smallest absolute Gasteiger partial charge is 0.308 e. The third-order valence-electron chi connectivity index (χ3n) is 3.03. The minimum absolute atomic E-state index is 0.0546. The normalized spacial score (nSPS) is 25.5. The lowest BCUT2D eigenvalue weighted by molar-refractivity contribution is -0.142. The largest absolute Gasteiger partial charge is 0.481 e. The van der Waals surface area contributed by atoms with E-state index in [0.717, 1.165) is 0 Å². The van der Waals surface area contributed by atoms with E-state index in [9.17, 15) is 14.4 Å². The first-order valence-corrected chi connectivity index (χ1v) is 5.61. The molecule has 6 nitrogen and oxygen atoms in total. The Kier molecular flexibility index (Phi) is 4.09. The number of likely N-dealkylation sites (tertiary alicyclic amines) is 1. The number of aliphatic carboxylic acids is 1. The Bertz CT molecular complexity index is 342. The summed E-state index contributed by atoms with van der Waals surface area (Å²) in [5, 5.41) is 11.5. The molecule has 1 heterocycles. The van der Waals surface area contributed by atoms with Gasteiger partial charge in [0.15, 0.2) is 0 Å². The van der Waals surface area contributed by atoms with Crippen LogP contribution in [0.15, 0.2) is 0 Å². The van der Waals surface area contributed by atoms with Crippen molar-refractivity contribution >= 4 is 17.8 Å². The third kappa shape index (κ3) is 3.18. The lowest BCUT2D eigenvalue weighted by Gasteiger charge is -2.21. The zero-order valence-corrected chi connectivity index (χ0v) is 10.3. The highest BCUT2D eigenvalue weighted by Gasteiger charge is 2.38. The topological polar surface area (TPSA) is 86.7 Å². The van der Waals surface area contributed by atoms with Gasteiger partial charge in [0.2, 0.25) is 11.8 Å². The van der Waals surface area contributed by atoms with E-state index in [4.69, 9.17) is 5.11 Å². The molecule has 17 heavy (non-hydrogen) atoms. The van der Waals surface area contributed by atoms with Crippen molar-refractivity contribution in [2.75, 3.05) is 13.1 Å². The molecule has 1 aliphatic rings. The van der Waals surface area contributed by atoms with E-state index in [1.54, 1.807) is 6.92 Å². The summed E-state index contributed by atoms with van der Waals surface area (Å²) >= 11 is 0. The standard InChI is InChI=1S/C11H18N2O4/c1-6-4-13(5-9(6)11(16)17)10(15)7(2)12-8(3)14/h6-7,9H,4-5H2,1-3H3,(H,12,14)(H,16,17). The SMILES string of the molecule is CC(=O)NC(C)C(=O)N1CC(C)C(C(=O)O)C1. The van der Waals surface area contributed by atoms with Gasteiger partial charge in [-0.15, -0.1) is 0 Å². The maximum atomic E-state index is 11.9. The van der Waals surface area contributed by atoms with Crippen LogP contribution in [0.4, 0.5) is 0 Å². The maximum Gasteiger partial charge on any atom is 0.308 e. The predicted molar refractivity (Wildman–Crippen MR) is 60.1 cm³/mol. The first kappa shape index (κ1) is 13.5. The van der Waals surface area contributed by atoms with Crippen LogP contribution in [0.1, 0.15) is 20.8 Å². The number of carbonyl (C=O) groups excluding carboxylic acids is 2. The molecule has 0 aromatic rings. The molecule has 1 rings (SSSR count). The predicted octanol–water partition coefficient (Wildman–Crippen LogP) is -0.310. The number of rotatable bonds is 3. The van der Waals surface area contributed by atoms with Crippen LogP contribution >= 0.6 is 0 Å². The third-order valence-corrected chi connectivity index (χ3v) is 3.03. The highest BCUT2D eigenvalue weighted by atomic mass is 16.4. The van der Waals surface area contributed by atoms with Crippen LogP contribution in [0.5, 0.6) is 0 Å². The van der Waals surface area contributed by atoms with E-state index in [1.807, 2.05) is 6.92 Å². The van der Waals surface area contributed by atoms with Crippen LogP contribution in [0.3, 0.4) is 0 Å². The Morgan fingerprint density at radius 2 is 1.94 bits per heavy atom. The van der Waals surface area contributed by atoms with Crippen LogP contribution < -0.4 is 5.32 Å². The van der Waals surface area contributed by atoms with E-state index < -0.39 is 17.9 Å². The number of nitrogens with zero attached hydrogens (tertiary/aromatic N) is 1. The van der Waals surface area contributed by atoms with E-state index in [2.05, 4.69) is 5.32 Å². The van der Waals surface area contributed by atoms with Gasteiger partial charge in [-0.2, -0.15) is 0 Å². The summed E-state index contributed by atoms with van der Waals surface area (Å²) in [5.41, 5.74) is 0. The van der Waals surface area contributed by atoms with Crippen LogP contribution in [0, 0.1) is 11.8 Å². The second-order valence-corrected chi connectivity index (χ2v) is 4.59. The van der Waals surface area contributed by atoms with Crippen molar-refractivity contribution in [2.24, 2.45) is 11.8 Å². The van der Waals surface area contributed by atoms with Gasteiger partial charge in [0, 0.05) is 20.0 Å². The highest BCUT2D eigenvalue weighted by Crippen LogP contribution is 2.23. The molecule has 0 aromatic carbocycles. The van der Waals surface area contributed by atoms with Crippen molar-refractivity contribution in [1.82, 2.24) is 10.2 Å². The van der Waals surface area contributed by atoms with Crippen LogP contribution in [0.2, 0.25) is 0 Å². The molecule has 0 bridgehead atoms. The second kappa shape index (κ2) is 5.16. The highest BCUT2D eigenvalue weighted by molar-refractivity contribution is 5.87. The summed E-state index contributed by atoms with van der Waals surface area (Å²) in [6, 6.07) is -0.604. The molecule has 1 aliphatic heterocycles. The summed E-state index contributed by atoms with van der Waals surface area (Å²) in [4.78, 5) is 35.2. The molecule has 0 saturated carbocycles. The fraction of sp³-hybridized carbons (Fsp3) is 0.727. The molecule has 2 amide bonds. The van der Waals surface area contributed by atoms with E-state index in [1.165, 1.54) is 11.8 Å². The zero-order chi connectivity index (χ0) is 13.2. The molecule has 0 aromatic heterocycles. The van der Waals surface area contributed by atoms with Gasteiger partial charge in [0.05, 0.1) is 5.92 Å². The minimum Gasteiger partial charge on any atom is -0.481 e. The molecular formula is C11H18N2O4. The second-order valence-electron chi connectivity index (χ2n) is 4.59. The van der Waals surface area contributed by atoms with Gasteiger partial charge < -0.3 is 15.3 Å². The van der Waals surface area contributed by atoms with Crippen molar-refractivity contribution in [1.29, 1.82) is 0 Å². The molecule has 0 radical (unpaired) electrons. The first-order chi connectivity index (χ1) is 7.82. The Hall–Kier alpha value is -1.59. The van der Waals surface area contributed by atoms with Gasteiger partial charge in [-0.05, 0) is 12.8 Å². The van der Waals surface area contributed by atoms with Crippen LogP contribution in [0.25, 0.3) is 0 Å². The Balaban J connectivity index is 2.61. The Morgan fingerprint density at radius 1 is 1.35 bits per heavy atom. The number of nitrogens with one attached hydrogen (secondary N) is 1. The summed E-state index contributed by atoms with van der Waals surface area (Å²) in [7, 11) is 0. The van der Waals surface area contributed by atoms with E-state index >= 15 is 0 Å². The van der Waals surface area contributed by atoms with Crippen molar-refractivity contribution in [3.63, 3.8) is 0 Å². The monoisotopic (exact) mass is 242 g/mol. The molecule has 3 unspecified atom stereocenters. The summed E-state index contributed by atoms with van der Waals surface area (Å²) < 4.78 is 0. The van der Waals surface area contributed by atoms with Gasteiger partial charge in [0.25, 0.3) is 0 Å².